The van der Waals surface area contributed by atoms with Crippen molar-refractivity contribution in [3.8, 4) is 0 Å². The molecule has 0 aromatic heterocycles. The summed E-state index contributed by atoms with van der Waals surface area (Å²) in [6, 6.07) is 13.6. The SMILES string of the molecule is CCc1ccc(C(C(=O)NC(Cc2ccccc2)C(=O)OC(C)(C)C)N(C(=O)C(CS)NC(=O)OC(C)(C)C)C2CCC2)cc1. The molecule has 1 fully saturated rings. The van der Waals surface area contributed by atoms with Gasteiger partial charge in [0, 0.05) is 18.2 Å². The lowest BCUT2D eigenvalue weighted by Crippen LogP contribution is -2.59. The predicted octanol–water partition coefficient (Wildman–Crippen LogP) is 5.56. The molecule has 3 unspecified atom stereocenters. The van der Waals surface area contributed by atoms with Crippen LogP contribution in [0, 0.1) is 0 Å². The summed E-state index contributed by atoms with van der Waals surface area (Å²) in [6.07, 6.45) is 2.57. The Hall–Kier alpha value is -3.53. The van der Waals surface area contributed by atoms with Gasteiger partial charge in [0.05, 0.1) is 0 Å². The highest BCUT2D eigenvalue weighted by Crippen LogP contribution is 2.34. The van der Waals surface area contributed by atoms with Crippen LogP contribution in [0.2, 0.25) is 0 Å². The second kappa shape index (κ2) is 15.7. The molecule has 1 saturated carbocycles. The van der Waals surface area contributed by atoms with Crippen LogP contribution in [0.3, 0.4) is 0 Å². The molecule has 3 atom stereocenters. The van der Waals surface area contributed by atoms with Crippen LogP contribution in [-0.2, 0) is 36.7 Å². The maximum atomic E-state index is 14.4. The van der Waals surface area contributed by atoms with E-state index in [1.807, 2.05) is 61.5 Å². The summed E-state index contributed by atoms with van der Waals surface area (Å²) < 4.78 is 11.1. The smallest absolute Gasteiger partial charge is 0.408 e. The van der Waals surface area contributed by atoms with Crippen molar-refractivity contribution in [1.29, 1.82) is 0 Å². The van der Waals surface area contributed by atoms with Crippen molar-refractivity contribution in [2.24, 2.45) is 0 Å². The van der Waals surface area contributed by atoms with Crippen molar-refractivity contribution in [1.82, 2.24) is 15.5 Å². The van der Waals surface area contributed by atoms with E-state index in [0.29, 0.717) is 18.4 Å². The number of benzene rings is 2. The number of carbonyl (C=O) groups is 4. The van der Waals surface area contributed by atoms with Gasteiger partial charge >= 0.3 is 12.1 Å². The molecule has 0 heterocycles. The van der Waals surface area contributed by atoms with E-state index < -0.39 is 53.2 Å². The topological polar surface area (TPSA) is 114 Å². The van der Waals surface area contributed by atoms with Crippen molar-refractivity contribution in [3.05, 3.63) is 71.3 Å². The molecule has 10 heteroatoms. The molecule has 0 spiro atoms. The van der Waals surface area contributed by atoms with Crippen molar-refractivity contribution in [3.63, 3.8) is 0 Å². The van der Waals surface area contributed by atoms with Crippen molar-refractivity contribution in [2.45, 2.75) is 116 Å². The van der Waals surface area contributed by atoms with E-state index in [-0.39, 0.29) is 18.2 Å². The Balaban J connectivity index is 2.03. The van der Waals surface area contributed by atoms with Crippen LogP contribution in [-0.4, -0.2) is 63.9 Å². The molecule has 0 bridgehead atoms. The van der Waals surface area contributed by atoms with E-state index in [4.69, 9.17) is 9.47 Å². The molecule has 0 radical (unpaired) electrons. The number of alkyl carbamates (subject to hydrolysis) is 1. The van der Waals surface area contributed by atoms with Gasteiger partial charge in [0.2, 0.25) is 11.8 Å². The summed E-state index contributed by atoms with van der Waals surface area (Å²) in [5.41, 5.74) is 0.993. The number of thiol groups is 1. The third-order valence-electron chi connectivity index (χ3n) is 7.41. The standard InChI is InChI=1S/C35H49N3O6S/c1-8-23-17-19-25(20-18-23)29(30(39)36-27(32(41)43-34(2,3)4)21-24-13-10-9-11-14-24)38(26-15-12-16-26)31(40)28(22-45)37-33(42)44-35(5,6)7/h9-11,13-14,17-20,26-29,45H,8,12,15-16,21-22H2,1-7H3,(H,36,39)(H,37,42). The molecular formula is C35H49N3O6S. The normalized spacial score (nSPS) is 15.6. The highest BCUT2D eigenvalue weighted by Gasteiger charge is 2.43. The summed E-state index contributed by atoms with van der Waals surface area (Å²) in [4.78, 5) is 56.4. The molecule has 45 heavy (non-hydrogen) atoms. The zero-order valence-corrected chi connectivity index (χ0v) is 28.5. The third kappa shape index (κ3) is 10.8. The van der Waals surface area contributed by atoms with E-state index in [1.165, 1.54) is 0 Å². The van der Waals surface area contributed by atoms with Crippen LogP contribution in [0.4, 0.5) is 4.79 Å². The van der Waals surface area contributed by atoms with Crippen molar-refractivity contribution >= 4 is 36.5 Å². The lowest BCUT2D eigenvalue weighted by molar-refractivity contribution is -0.159. The molecule has 246 valence electrons. The van der Waals surface area contributed by atoms with Crippen LogP contribution >= 0.6 is 12.6 Å². The summed E-state index contributed by atoms with van der Waals surface area (Å²) >= 11 is 4.38. The number of amides is 3. The third-order valence-corrected chi connectivity index (χ3v) is 7.78. The first-order valence-corrected chi connectivity index (χ1v) is 16.3. The molecule has 3 rings (SSSR count). The largest absolute Gasteiger partial charge is 0.458 e. The minimum absolute atomic E-state index is 0.00104. The first kappa shape index (κ1) is 35.9. The van der Waals surface area contributed by atoms with Gasteiger partial charge in [-0.15, -0.1) is 0 Å². The van der Waals surface area contributed by atoms with Gasteiger partial charge in [-0.2, -0.15) is 12.6 Å². The van der Waals surface area contributed by atoms with E-state index in [9.17, 15) is 19.2 Å². The second-order valence-corrected chi connectivity index (χ2v) is 13.9. The quantitative estimate of drug-likeness (QED) is 0.207. The maximum absolute atomic E-state index is 14.4. The number of carbonyl (C=O) groups excluding carboxylic acids is 4. The molecule has 1 aliphatic carbocycles. The minimum Gasteiger partial charge on any atom is -0.458 e. The Kier molecular flexibility index (Phi) is 12.5. The lowest BCUT2D eigenvalue weighted by Gasteiger charge is -2.43. The summed E-state index contributed by atoms with van der Waals surface area (Å²) in [6.45, 7) is 12.6. The highest BCUT2D eigenvalue weighted by atomic mass is 32.1. The molecule has 2 aromatic carbocycles. The van der Waals surface area contributed by atoms with Crippen LogP contribution in [0.5, 0.6) is 0 Å². The fourth-order valence-corrected chi connectivity index (χ4v) is 5.29. The number of esters is 1. The minimum atomic E-state index is -1.07. The molecule has 3 amide bonds. The number of nitrogens with zero attached hydrogens (tertiary/aromatic N) is 1. The number of nitrogens with one attached hydrogen (secondary N) is 2. The number of hydrogen-bond donors (Lipinski definition) is 3. The number of ether oxygens (including phenoxy) is 2. The van der Waals surface area contributed by atoms with Gasteiger partial charge in [-0.3, -0.25) is 9.59 Å². The summed E-state index contributed by atoms with van der Waals surface area (Å²) in [5.74, 6) is -1.53. The average Bonchev–Trinajstić information content (AvgIpc) is 2.93. The van der Waals surface area contributed by atoms with E-state index >= 15 is 0 Å². The molecule has 0 saturated heterocycles. The summed E-state index contributed by atoms with van der Waals surface area (Å²) in [5, 5.41) is 5.60. The van der Waals surface area contributed by atoms with Crippen LogP contribution < -0.4 is 10.6 Å². The highest BCUT2D eigenvalue weighted by molar-refractivity contribution is 7.80. The van der Waals surface area contributed by atoms with Crippen molar-refractivity contribution < 1.29 is 28.7 Å². The predicted molar refractivity (Wildman–Crippen MR) is 178 cm³/mol. The molecule has 0 aliphatic heterocycles. The van der Waals surface area contributed by atoms with E-state index in [1.54, 1.807) is 46.4 Å². The Labute approximate surface area is 273 Å². The van der Waals surface area contributed by atoms with Gasteiger partial charge in [-0.25, -0.2) is 9.59 Å². The zero-order chi connectivity index (χ0) is 33.4. The van der Waals surface area contributed by atoms with E-state index in [2.05, 4.69) is 23.3 Å². The molecule has 1 aliphatic rings. The molecular weight excluding hydrogens is 590 g/mol. The van der Waals surface area contributed by atoms with Crippen molar-refractivity contribution in [2.75, 3.05) is 5.75 Å². The Morgan fingerprint density at radius 1 is 0.844 bits per heavy atom. The van der Waals surface area contributed by atoms with Gasteiger partial charge in [0.1, 0.15) is 29.3 Å². The Morgan fingerprint density at radius 2 is 1.44 bits per heavy atom. The fourth-order valence-electron chi connectivity index (χ4n) is 5.04. The van der Waals surface area contributed by atoms with Crippen LogP contribution in [0.15, 0.2) is 54.6 Å². The van der Waals surface area contributed by atoms with Crippen LogP contribution in [0.25, 0.3) is 0 Å². The summed E-state index contributed by atoms with van der Waals surface area (Å²) in [7, 11) is 0. The monoisotopic (exact) mass is 639 g/mol. The van der Waals surface area contributed by atoms with Gasteiger partial charge in [-0.05, 0) is 83.9 Å². The number of aryl methyl sites for hydroxylation is 1. The lowest BCUT2D eigenvalue weighted by atomic mass is 9.88. The van der Waals surface area contributed by atoms with E-state index in [0.717, 1.165) is 24.0 Å². The average molecular weight is 640 g/mol. The van der Waals surface area contributed by atoms with Gasteiger partial charge in [-0.1, -0.05) is 61.5 Å². The molecule has 9 nitrogen and oxygen atoms in total. The first-order chi connectivity index (χ1) is 21.1. The zero-order valence-electron chi connectivity index (χ0n) is 27.6. The Morgan fingerprint density at radius 3 is 1.93 bits per heavy atom. The number of hydrogen-bond acceptors (Lipinski definition) is 7. The molecule has 2 N–H and O–H groups in total. The second-order valence-electron chi connectivity index (χ2n) is 13.5. The Bertz CT molecular complexity index is 1300. The maximum Gasteiger partial charge on any atom is 0.408 e. The van der Waals surface area contributed by atoms with Gasteiger partial charge in [0.25, 0.3) is 0 Å². The number of rotatable bonds is 12. The molecule has 2 aromatic rings. The van der Waals surface area contributed by atoms with Crippen LogP contribution in [0.1, 0.15) is 90.5 Å². The first-order valence-electron chi connectivity index (χ1n) is 15.7. The van der Waals surface area contributed by atoms with Gasteiger partial charge in [0.15, 0.2) is 0 Å². The van der Waals surface area contributed by atoms with Gasteiger partial charge < -0.3 is 25.0 Å². The fraction of sp³-hybridized carbons (Fsp3) is 0.543.